The summed E-state index contributed by atoms with van der Waals surface area (Å²) in [5.41, 5.74) is 5.20. The van der Waals surface area contributed by atoms with Gasteiger partial charge in [0.15, 0.2) is 0 Å². The van der Waals surface area contributed by atoms with E-state index < -0.39 is 19.1 Å². The molecule has 0 saturated carbocycles. The third kappa shape index (κ3) is 12.7. The molecule has 0 radical (unpaired) electrons. The smallest absolute Gasteiger partial charge is 0.261 e. The summed E-state index contributed by atoms with van der Waals surface area (Å²) in [6.07, 6.45) is 3.90. The largest absolute Gasteiger partial charge is 0.299 e. The van der Waals surface area contributed by atoms with E-state index in [0.717, 1.165) is 82.9 Å². The summed E-state index contributed by atoms with van der Waals surface area (Å²) in [6.45, 7) is 9.02. The van der Waals surface area contributed by atoms with Crippen LogP contribution in [0.4, 0.5) is 0 Å². The van der Waals surface area contributed by atoms with Crippen LogP contribution in [0, 0.1) is 27.7 Å². The molecule has 0 bridgehead atoms. The molecule has 1 aliphatic heterocycles. The molecule has 316 valence electrons. The van der Waals surface area contributed by atoms with E-state index in [-0.39, 0.29) is 57.0 Å². The normalized spacial score (nSPS) is 13.2. The average Bonchev–Trinajstić information content (AvgIpc) is 3.96. The number of thiazole rings is 4. The number of benzene rings is 2. The van der Waals surface area contributed by atoms with Gasteiger partial charge in [-0.2, -0.15) is 4.31 Å². The molecule has 59 heavy (non-hydrogen) atoms. The predicted molar refractivity (Wildman–Crippen MR) is 242 cm³/mol. The molecule has 0 spiro atoms. The summed E-state index contributed by atoms with van der Waals surface area (Å²) in [4.78, 5) is 45.3. The zero-order chi connectivity index (χ0) is 40.9. The van der Waals surface area contributed by atoms with E-state index in [4.69, 9.17) is 10.7 Å². The lowest BCUT2D eigenvalue weighted by Crippen LogP contribution is -2.35. The van der Waals surface area contributed by atoms with E-state index in [9.17, 15) is 26.4 Å². The number of piperidine rings is 1. The number of rotatable bonds is 13. The van der Waals surface area contributed by atoms with Gasteiger partial charge in [0.2, 0.25) is 10.0 Å². The van der Waals surface area contributed by atoms with Crippen molar-refractivity contribution in [3.63, 3.8) is 0 Å². The molecule has 0 atom stereocenters. The van der Waals surface area contributed by atoms with Gasteiger partial charge < -0.3 is 0 Å². The van der Waals surface area contributed by atoms with Crippen molar-refractivity contribution in [3.8, 4) is 21.1 Å². The van der Waals surface area contributed by atoms with E-state index in [1.165, 1.54) is 34.8 Å². The van der Waals surface area contributed by atoms with Crippen LogP contribution in [0.1, 0.15) is 76.7 Å². The highest BCUT2D eigenvalue weighted by atomic mass is 35.7. The molecule has 0 N–H and O–H groups in total. The lowest BCUT2D eigenvalue weighted by atomic mass is 10.1. The average molecular weight is 935 g/mol. The molecule has 0 aliphatic carbocycles. The van der Waals surface area contributed by atoms with Gasteiger partial charge in [-0.25, -0.2) is 36.8 Å². The summed E-state index contributed by atoms with van der Waals surface area (Å²) in [5.74, 6) is 0.0781. The van der Waals surface area contributed by atoms with Crippen LogP contribution in [0.25, 0.3) is 21.1 Å². The van der Waals surface area contributed by atoms with Crippen LogP contribution in [0.15, 0.2) is 69.1 Å². The minimum absolute atomic E-state index is 0. The van der Waals surface area contributed by atoms with Crippen molar-refractivity contribution >= 4 is 86.7 Å². The third-order valence-corrected chi connectivity index (χ3v) is 16.1. The molecule has 7 rings (SSSR count). The van der Waals surface area contributed by atoms with Crippen molar-refractivity contribution in [1.29, 1.82) is 0 Å². The summed E-state index contributed by atoms with van der Waals surface area (Å²) < 4.78 is 49.5. The second kappa shape index (κ2) is 20.8. The number of ketones is 2. The van der Waals surface area contributed by atoms with Crippen LogP contribution in [0.2, 0.25) is 0 Å². The molecule has 18 heteroatoms. The summed E-state index contributed by atoms with van der Waals surface area (Å²) in [5, 5.41) is 7.46. The molecule has 0 unspecified atom stereocenters. The highest BCUT2D eigenvalue weighted by Crippen LogP contribution is 2.32. The molecule has 11 nitrogen and oxygen atoms in total. The number of Topliss-reactive ketones (excluding diaryl/α,β-unsaturated/α-hetero) is 2. The Morgan fingerprint density at radius 3 is 1.39 bits per heavy atom. The lowest BCUT2D eigenvalue weighted by molar-refractivity contribution is -0.118. The first kappa shape index (κ1) is 48.1. The molecular weight excluding hydrogens is 886 g/mol. The van der Waals surface area contributed by atoms with Crippen LogP contribution >= 0.6 is 56.0 Å². The number of carbonyl (C=O) groups is 2. The fourth-order valence-corrected chi connectivity index (χ4v) is 12.1. The zero-order valence-electron chi connectivity index (χ0n) is 31.7. The van der Waals surface area contributed by atoms with Crippen molar-refractivity contribution in [1.82, 2.24) is 24.2 Å². The number of hydrogen-bond donors (Lipinski definition) is 0. The molecular formula is C41H48ClN5O6S6. The molecule has 5 heterocycles. The Bertz CT molecular complexity index is 2590. The molecule has 4 aromatic heterocycles. The lowest BCUT2D eigenvalue weighted by Gasteiger charge is -2.25. The number of carbonyl (C=O) groups excluding carboxylic acids is 2. The minimum atomic E-state index is -3.75. The van der Waals surface area contributed by atoms with Crippen molar-refractivity contribution in [2.75, 3.05) is 13.1 Å². The maximum Gasteiger partial charge on any atom is 0.261 e. The molecule has 2 aromatic carbocycles. The first-order valence-electron chi connectivity index (χ1n) is 18.0. The van der Waals surface area contributed by atoms with Crippen LogP contribution in [0.5, 0.6) is 0 Å². The van der Waals surface area contributed by atoms with Crippen molar-refractivity contribution in [2.45, 2.75) is 97.3 Å². The quantitative estimate of drug-likeness (QED) is 0.102. The Labute approximate surface area is 368 Å². The Hall–Kier alpha value is -3.55. The number of aryl methyl sites for hydroxylation is 4. The van der Waals surface area contributed by atoms with E-state index in [0.29, 0.717) is 18.0 Å². The Balaban J connectivity index is 0.000000256. The van der Waals surface area contributed by atoms with Gasteiger partial charge >= 0.3 is 0 Å². The molecule has 1 saturated heterocycles. The number of aromatic nitrogens is 4. The Kier molecular flexibility index (Phi) is 17.0. The SMILES string of the molecule is C.C.Cc1nc(C)c(-c2csc(CC(=O)Cc3ccc(S(=O)(=O)Cl)cc3)n2)s1.Cc1nc(C)c(-c2csc(CC(=O)Cc3ccc(S(=O)(=O)N4CCCCC4)cc3)n2)s1. The second-order valence-electron chi connectivity index (χ2n) is 13.5. The summed E-state index contributed by atoms with van der Waals surface area (Å²) in [6, 6.07) is 12.7. The monoisotopic (exact) mass is 933 g/mol. The van der Waals surface area contributed by atoms with Gasteiger partial charge in [0.1, 0.15) is 21.6 Å². The number of sulfonamides is 1. The maximum absolute atomic E-state index is 12.8. The van der Waals surface area contributed by atoms with Gasteiger partial charge in [0.05, 0.1) is 65.2 Å². The second-order valence-corrected chi connectivity index (χ2v) is 22.3. The van der Waals surface area contributed by atoms with Crippen molar-refractivity contribution < 1.29 is 26.4 Å². The highest BCUT2D eigenvalue weighted by molar-refractivity contribution is 8.13. The maximum atomic E-state index is 12.8. The zero-order valence-corrected chi connectivity index (χ0v) is 37.3. The Morgan fingerprint density at radius 2 is 1.02 bits per heavy atom. The topological polar surface area (TPSA) is 157 Å². The van der Waals surface area contributed by atoms with Gasteiger partial charge in [0.25, 0.3) is 9.05 Å². The van der Waals surface area contributed by atoms with Crippen molar-refractivity contribution in [2.24, 2.45) is 0 Å². The number of hydrogen-bond acceptors (Lipinski definition) is 14. The van der Waals surface area contributed by atoms with Gasteiger partial charge in [-0.15, -0.1) is 45.3 Å². The fraction of sp³-hybridized carbons (Fsp3) is 0.366. The van der Waals surface area contributed by atoms with E-state index in [1.807, 2.05) is 38.5 Å². The van der Waals surface area contributed by atoms with Crippen LogP contribution in [-0.2, 0) is 54.3 Å². The highest BCUT2D eigenvalue weighted by Gasteiger charge is 2.26. The number of halogens is 1. The first-order chi connectivity index (χ1) is 27.0. The Morgan fingerprint density at radius 1 is 0.610 bits per heavy atom. The summed E-state index contributed by atoms with van der Waals surface area (Å²) >= 11 is 6.15. The predicted octanol–water partition coefficient (Wildman–Crippen LogP) is 9.85. The first-order valence-corrected chi connectivity index (χ1v) is 25.1. The van der Waals surface area contributed by atoms with Gasteiger partial charge in [0, 0.05) is 47.4 Å². The standard InChI is InChI=1S/C22H25N3O3S3.C17H15ClN2O3S3.2CH4/c1-15-22(30-16(2)23-15)20-14-29-21(24-20)13-18(26)12-17-6-8-19(9-7-17)31(27,28)25-10-4-3-5-11-25;1-10-17(25-11(2)19-10)15-9-24-16(20-15)8-13(21)7-12-3-5-14(6-4-12)26(18,22)23;;/h6-9,14H,3-5,10-13H2,1-2H3;3-6,9H,7-8H2,1-2H3;2*1H4. The van der Waals surface area contributed by atoms with E-state index >= 15 is 0 Å². The van der Waals surface area contributed by atoms with E-state index in [2.05, 4.69) is 19.9 Å². The van der Waals surface area contributed by atoms with Gasteiger partial charge in [-0.05, 0) is 75.9 Å². The molecule has 6 aromatic rings. The molecule has 1 fully saturated rings. The van der Waals surface area contributed by atoms with E-state index in [1.54, 1.807) is 63.4 Å². The van der Waals surface area contributed by atoms with Crippen LogP contribution < -0.4 is 0 Å². The van der Waals surface area contributed by atoms with Crippen LogP contribution in [0.3, 0.4) is 0 Å². The molecule has 0 amide bonds. The number of nitrogens with zero attached hydrogens (tertiary/aromatic N) is 5. The third-order valence-electron chi connectivity index (χ3n) is 8.96. The van der Waals surface area contributed by atoms with Gasteiger partial charge in [-0.3, -0.25) is 9.59 Å². The van der Waals surface area contributed by atoms with Crippen molar-refractivity contribution in [3.05, 3.63) is 102 Å². The fourth-order valence-electron chi connectivity index (χ4n) is 6.25. The summed E-state index contributed by atoms with van der Waals surface area (Å²) in [7, 11) is -1.91. The minimum Gasteiger partial charge on any atom is -0.299 e. The van der Waals surface area contributed by atoms with Gasteiger partial charge in [-0.1, -0.05) is 45.5 Å². The molecule has 1 aliphatic rings. The van der Waals surface area contributed by atoms with Crippen LogP contribution in [-0.4, -0.2) is 65.7 Å².